The number of hydrogen-bond acceptors (Lipinski definition) is 5. The number of benzene rings is 3. The van der Waals surface area contributed by atoms with Gasteiger partial charge in [0, 0.05) is 29.8 Å². The van der Waals surface area contributed by atoms with E-state index in [9.17, 15) is 14.0 Å². The highest BCUT2D eigenvalue weighted by Crippen LogP contribution is 2.45. The molecule has 0 radical (unpaired) electrons. The van der Waals surface area contributed by atoms with Crippen molar-refractivity contribution < 1.29 is 18.4 Å². The van der Waals surface area contributed by atoms with Gasteiger partial charge in [-0.2, -0.15) is 0 Å². The van der Waals surface area contributed by atoms with Crippen molar-refractivity contribution >= 4 is 33.8 Å². The molecule has 3 heterocycles. The molecule has 0 spiro atoms. The fourth-order valence-electron chi connectivity index (χ4n) is 5.58. The summed E-state index contributed by atoms with van der Waals surface area (Å²) in [5, 5.41) is 6.55. The van der Waals surface area contributed by atoms with E-state index in [1.807, 2.05) is 67.6 Å². The number of fused-ring (bicyclic) bond motifs is 2. The predicted molar refractivity (Wildman–Crippen MR) is 163 cm³/mol. The van der Waals surface area contributed by atoms with Crippen LogP contribution < -0.4 is 10.6 Å². The van der Waals surface area contributed by atoms with Crippen LogP contribution in [0, 0.1) is 12.7 Å². The highest BCUT2D eigenvalue weighted by Gasteiger charge is 2.47. The minimum absolute atomic E-state index is 0.180. The third-order valence-corrected chi connectivity index (χ3v) is 8.11. The first kappa shape index (κ1) is 26.5. The Morgan fingerprint density at radius 1 is 0.884 bits per heavy atom. The molecule has 0 unspecified atom stereocenters. The molecular weight excluding hydrogens is 543 g/mol. The highest BCUT2D eigenvalue weighted by molar-refractivity contribution is 6.12. The molecule has 1 saturated carbocycles. The zero-order chi connectivity index (χ0) is 29.7. The molecule has 7 rings (SSSR count). The van der Waals surface area contributed by atoms with Crippen molar-refractivity contribution in [2.75, 3.05) is 7.05 Å². The van der Waals surface area contributed by atoms with Crippen LogP contribution in [0.4, 0.5) is 4.39 Å². The van der Waals surface area contributed by atoms with Crippen LogP contribution >= 0.6 is 0 Å². The van der Waals surface area contributed by atoms with Gasteiger partial charge in [-0.3, -0.25) is 14.6 Å². The van der Waals surface area contributed by atoms with E-state index in [0.717, 1.165) is 46.3 Å². The lowest BCUT2D eigenvalue weighted by Gasteiger charge is -2.18. The van der Waals surface area contributed by atoms with Crippen LogP contribution in [0.15, 0.2) is 95.5 Å². The van der Waals surface area contributed by atoms with Crippen LogP contribution in [-0.4, -0.2) is 28.8 Å². The molecular formula is C35H27FN4O3. The number of amides is 2. The number of aryl methyl sites for hydroxylation is 1. The Hall–Kier alpha value is -5.37. The van der Waals surface area contributed by atoms with Gasteiger partial charge in [0.25, 0.3) is 11.8 Å². The minimum Gasteiger partial charge on any atom is -0.455 e. The van der Waals surface area contributed by atoms with Gasteiger partial charge in [0.2, 0.25) is 0 Å². The zero-order valence-electron chi connectivity index (χ0n) is 23.6. The highest BCUT2D eigenvalue weighted by atomic mass is 19.1. The van der Waals surface area contributed by atoms with Gasteiger partial charge in [-0.1, -0.05) is 12.1 Å². The number of carbonyl (C=O) groups excluding carboxylic acids is 2. The Labute approximate surface area is 246 Å². The molecule has 3 aromatic heterocycles. The van der Waals surface area contributed by atoms with E-state index < -0.39 is 5.54 Å². The lowest BCUT2D eigenvalue weighted by molar-refractivity contribution is 0.0928. The number of nitrogens with zero attached hydrogens (tertiary/aromatic N) is 2. The number of halogens is 1. The summed E-state index contributed by atoms with van der Waals surface area (Å²) in [6.07, 6.45) is 3.36. The maximum absolute atomic E-state index is 13.6. The van der Waals surface area contributed by atoms with Crippen LogP contribution in [0.3, 0.4) is 0 Å². The average molecular weight is 571 g/mol. The zero-order valence-corrected chi connectivity index (χ0v) is 23.6. The standard InChI is InChI=1S/C35H27FN4O3/c1-20-5-6-23(33(41)40-35(15-16-35)30-14-12-27-28(39-30)4-3-17-38-27)19-25(20)22-9-13-29-26(18-22)31(34(42)37-2)32(43-29)21-7-10-24(36)11-8-21/h3-14,17-19H,15-16H2,1-2H3,(H,37,42)(H,40,41). The lowest BCUT2D eigenvalue weighted by atomic mass is 9.95. The average Bonchev–Trinajstić information content (AvgIpc) is 3.72. The summed E-state index contributed by atoms with van der Waals surface area (Å²) in [5.74, 6) is -0.501. The van der Waals surface area contributed by atoms with E-state index in [0.29, 0.717) is 33.4 Å². The van der Waals surface area contributed by atoms with Crippen molar-refractivity contribution in [3.8, 4) is 22.5 Å². The molecule has 7 nitrogen and oxygen atoms in total. The minimum atomic E-state index is -0.499. The topological polar surface area (TPSA) is 97.1 Å². The van der Waals surface area contributed by atoms with Crippen molar-refractivity contribution in [2.45, 2.75) is 25.3 Å². The Morgan fingerprint density at radius 3 is 2.44 bits per heavy atom. The Bertz CT molecular complexity index is 2060. The van der Waals surface area contributed by atoms with Gasteiger partial charge in [-0.15, -0.1) is 0 Å². The third-order valence-electron chi connectivity index (χ3n) is 8.11. The number of hydrogen-bond donors (Lipinski definition) is 2. The summed E-state index contributed by atoms with van der Waals surface area (Å²) < 4.78 is 19.7. The van der Waals surface area contributed by atoms with Gasteiger partial charge in [0.05, 0.1) is 27.8 Å². The summed E-state index contributed by atoms with van der Waals surface area (Å²) in [4.78, 5) is 35.7. The van der Waals surface area contributed by atoms with Crippen molar-refractivity contribution in [1.29, 1.82) is 0 Å². The number of aromatic nitrogens is 2. The first-order valence-corrected chi connectivity index (χ1v) is 14.1. The molecule has 2 amide bonds. The first-order valence-electron chi connectivity index (χ1n) is 14.1. The summed E-state index contributed by atoms with van der Waals surface area (Å²) >= 11 is 0. The fourth-order valence-corrected chi connectivity index (χ4v) is 5.58. The van der Waals surface area contributed by atoms with E-state index in [-0.39, 0.29) is 17.6 Å². The van der Waals surface area contributed by atoms with E-state index in [1.165, 1.54) is 12.1 Å². The van der Waals surface area contributed by atoms with Gasteiger partial charge in [0.1, 0.15) is 17.2 Å². The molecule has 3 aromatic carbocycles. The van der Waals surface area contributed by atoms with Gasteiger partial charge < -0.3 is 15.1 Å². The third kappa shape index (κ3) is 4.70. The second-order valence-electron chi connectivity index (χ2n) is 10.9. The molecule has 0 atom stereocenters. The van der Waals surface area contributed by atoms with Gasteiger partial charge in [0.15, 0.2) is 0 Å². The van der Waals surface area contributed by atoms with E-state index in [4.69, 9.17) is 9.40 Å². The quantitative estimate of drug-likeness (QED) is 0.226. The summed E-state index contributed by atoms with van der Waals surface area (Å²) in [6, 6.07) is 24.7. The smallest absolute Gasteiger partial charge is 0.255 e. The van der Waals surface area contributed by atoms with Crippen molar-refractivity contribution in [2.24, 2.45) is 0 Å². The van der Waals surface area contributed by atoms with Crippen LogP contribution in [0.25, 0.3) is 44.5 Å². The van der Waals surface area contributed by atoms with Gasteiger partial charge >= 0.3 is 0 Å². The van der Waals surface area contributed by atoms with Gasteiger partial charge in [-0.05, 0) is 109 Å². The second-order valence-corrected chi connectivity index (χ2v) is 10.9. The lowest BCUT2D eigenvalue weighted by Crippen LogP contribution is -2.35. The Kier molecular flexibility index (Phi) is 6.27. The molecule has 1 aliphatic carbocycles. The molecule has 212 valence electrons. The molecule has 0 saturated heterocycles. The Morgan fingerprint density at radius 2 is 1.67 bits per heavy atom. The number of furan rings is 1. The van der Waals surface area contributed by atoms with Crippen LogP contribution in [0.1, 0.15) is 44.8 Å². The van der Waals surface area contributed by atoms with Gasteiger partial charge in [-0.25, -0.2) is 9.37 Å². The molecule has 2 N–H and O–H groups in total. The van der Waals surface area contributed by atoms with Crippen molar-refractivity contribution in [3.05, 3.63) is 119 Å². The Balaban J connectivity index is 1.24. The summed E-state index contributed by atoms with van der Waals surface area (Å²) in [6.45, 7) is 1.98. The normalized spacial score (nSPS) is 13.7. The number of pyridine rings is 2. The van der Waals surface area contributed by atoms with Crippen LogP contribution in [0.2, 0.25) is 0 Å². The maximum atomic E-state index is 13.6. The number of rotatable bonds is 6. The molecule has 6 aromatic rings. The largest absolute Gasteiger partial charge is 0.455 e. The maximum Gasteiger partial charge on any atom is 0.255 e. The molecule has 1 aliphatic rings. The van der Waals surface area contributed by atoms with E-state index in [1.54, 1.807) is 25.4 Å². The first-order chi connectivity index (χ1) is 20.8. The van der Waals surface area contributed by atoms with E-state index >= 15 is 0 Å². The summed E-state index contributed by atoms with van der Waals surface area (Å²) in [7, 11) is 1.56. The number of carbonyl (C=O) groups is 2. The second kappa shape index (κ2) is 10.2. The van der Waals surface area contributed by atoms with Crippen molar-refractivity contribution in [1.82, 2.24) is 20.6 Å². The van der Waals surface area contributed by atoms with Crippen LogP contribution in [-0.2, 0) is 5.54 Å². The molecule has 43 heavy (non-hydrogen) atoms. The summed E-state index contributed by atoms with van der Waals surface area (Å²) in [5.41, 5.74) is 6.64. The van der Waals surface area contributed by atoms with Crippen molar-refractivity contribution in [3.63, 3.8) is 0 Å². The SMILES string of the molecule is CNC(=O)c1c(-c2ccc(F)cc2)oc2ccc(-c3cc(C(=O)NC4(c5ccc6ncccc6n5)CC4)ccc3C)cc12. The van der Waals surface area contributed by atoms with Crippen LogP contribution in [0.5, 0.6) is 0 Å². The predicted octanol–water partition coefficient (Wildman–Crippen LogP) is 6.94. The fraction of sp³-hybridized carbons (Fsp3) is 0.143. The number of nitrogens with one attached hydrogen (secondary N) is 2. The molecule has 1 fully saturated rings. The molecule has 0 bridgehead atoms. The molecule has 0 aliphatic heterocycles. The monoisotopic (exact) mass is 570 g/mol. The van der Waals surface area contributed by atoms with E-state index in [2.05, 4.69) is 15.6 Å². The molecule has 8 heteroatoms.